The Morgan fingerprint density at radius 1 is 1.53 bits per heavy atom. The zero-order valence-corrected chi connectivity index (χ0v) is 10.00. The quantitative estimate of drug-likeness (QED) is 0.882. The van der Waals surface area contributed by atoms with Gasteiger partial charge in [-0.2, -0.15) is 0 Å². The number of aliphatic hydroxyl groups is 1. The zero-order chi connectivity index (χ0) is 12.0. The zero-order valence-electron chi connectivity index (χ0n) is 10.00. The summed E-state index contributed by atoms with van der Waals surface area (Å²) in [6.45, 7) is 2.21. The van der Waals surface area contributed by atoms with Crippen molar-refractivity contribution in [1.82, 2.24) is 9.55 Å². The number of rotatable bonds is 3. The normalized spacial score (nSPS) is 24.9. The average Bonchev–Trinajstić information content (AvgIpc) is 2.75. The van der Waals surface area contributed by atoms with Gasteiger partial charge in [-0.15, -0.1) is 0 Å². The molecule has 2 aromatic rings. The first-order chi connectivity index (χ1) is 8.15. The van der Waals surface area contributed by atoms with Gasteiger partial charge in [0.1, 0.15) is 11.5 Å². The minimum atomic E-state index is -0.765. The Morgan fingerprint density at radius 3 is 2.88 bits per heavy atom. The van der Waals surface area contributed by atoms with E-state index in [-0.39, 0.29) is 0 Å². The molecule has 1 aliphatic carbocycles. The van der Waals surface area contributed by atoms with Gasteiger partial charge in [0, 0.05) is 19.2 Å². The van der Waals surface area contributed by atoms with Crippen molar-refractivity contribution in [2.75, 3.05) is 0 Å². The van der Waals surface area contributed by atoms with E-state index in [1.807, 2.05) is 23.7 Å². The van der Waals surface area contributed by atoms with Crippen LogP contribution in [0, 0.1) is 5.92 Å². The van der Waals surface area contributed by atoms with Gasteiger partial charge in [0.15, 0.2) is 6.10 Å². The lowest BCUT2D eigenvalue weighted by Gasteiger charge is -2.03. The topological polar surface area (TPSA) is 51.2 Å². The summed E-state index contributed by atoms with van der Waals surface area (Å²) in [6, 6.07) is 3.81. The second-order valence-corrected chi connectivity index (χ2v) is 4.93. The molecule has 17 heavy (non-hydrogen) atoms. The number of nitrogens with zero attached hydrogens (tertiary/aromatic N) is 2. The van der Waals surface area contributed by atoms with E-state index in [0.717, 1.165) is 5.76 Å². The molecule has 3 rings (SSSR count). The Bertz CT molecular complexity index is 529. The van der Waals surface area contributed by atoms with Gasteiger partial charge < -0.3 is 14.1 Å². The largest absolute Gasteiger partial charge is 0.463 e. The molecule has 1 aliphatic rings. The lowest BCUT2D eigenvalue weighted by Crippen LogP contribution is -1.98. The lowest BCUT2D eigenvalue weighted by atomic mass is 10.2. The third-order valence-corrected chi connectivity index (χ3v) is 3.40. The first-order valence-electron chi connectivity index (χ1n) is 5.90. The van der Waals surface area contributed by atoms with Crippen molar-refractivity contribution in [2.45, 2.75) is 25.4 Å². The fraction of sp³-hybridized carbons (Fsp3) is 0.462. The standard InChI is InChI=1S/C13H16N2O2/c1-8-5-9(8)11-3-4-12(17-11)13(16)10-6-15(2)7-14-10/h3-4,6-9,13,16H,5H2,1-2H3. The molecule has 90 valence electrons. The molecule has 0 radical (unpaired) electrons. The van der Waals surface area contributed by atoms with Gasteiger partial charge in [0.05, 0.1) is 12.0 Å². The number of aryl methyl sites for hydroxylation is 1. The summed E-state index contributed by atoms with van der Waals surface area (Å²) in [6.07, 6.45) is 3.89. The van der Waals surface area contributed by atoms with Crippen LogP contribution < -0.4 is 0 Å². The van der Waals surface area contributed by atoms with E-state index in [1.165, 1.54) is 6.42 Å². The molecule has 2 heterocycles. The highest BCUT2D eigenvalue weighted by molar-refractivity contribution is 5.22. The molecule has 1 saturated carbocycles. The summed E-state index contributed by atoms with van der Waals surface area (Å²) in [5.74, 6) is 2.82. The summed E-state index contributed by atoms with van der Waals surface area (Å²) in [7, 11) is 1.88. The second kappa shape index (κ2) is 3.74. The number of aromatic nitrogens is 2. The summed E-state index contributed by atoms with van der Waals surface area (Å²) in [4.78, 5) is 4.13. The highest BCUT2D eigenvalue weighted by Crippen LogP contribution is 2.47. The second-order valence-electron chi connectivity index (χ2n) is 4.93. The van der Waals surface area contributed by atoms with E-state index in [2.05, 4.69) is 11.9 Å². The van der Waals surface area contributed by atoms with Crippen LogP contribution in [-0.2, 0) is 7.05 Å². The summed E-state index contributed by atoms with van der Waals surface area (Å²) in [5.41, 5.74) is 0.622. The van der Waals surface area contributed by atoms with E-state index in [1.54, 1.807) is 12.5 Å². The van der Waals surface area contributed by atoms with Crippen LogP contribution in [0.4, 0.5) is 0 Å². The van der Waals surface area contributed by atoms with Crippen LogP contribution in [0.15, 0.2) is 29.1 Å². The molecule has 0 aliphatic heterocycles. The van der Waals surface area contributed by atoms with Gasteiger partial charge >= 0.3 is 0 Å². The molecule has 3 unspecified atom stereocenters. The smallest absolute Gasteiger partial charge is 0.155 e. The Labute approximate surface area is 99.9 Å². The van der Waals surface area contributed by atoms with E-state index < -0.39 is 6.10 Å². The first kappa shape index (κ1) is 10.6. The van der Waals surface area contributed by atoms with Gasteiger partial charge in [-0.05, 0) is 24.5 Å². The predicted octanol–water partition coefficient (Wildman–Crippen LogP) is 2.22. The molecule has 3 atom stereocenters. The molecule has 0 saturated heterocycles. The van der Waals surface area contributed by atoms with Crippen LogP contribution >= 0.6 is 0 Å². The van der Waals surface area contributed by atoms with Crippen LogP contribution in [0.5, 0.6) is 0 Å². The van der Waals surface area contributed by atoms with E-state index in [9.17, 15) is 5.11 Å². The molecule has 4 nitrogen and oxygen atoms in total. The van der Waals surface area contributed by atoms with Crippen molar-refractivity contribution in [3.8, 4) is 0 Å². The summed E-state index contributed by atoms with van der Waals surface area (Å²) >= 11 is 0. The van der Waals surface area contributed by atoms with Gasteiger partial charge in [0.25, 0.3) is 0 Å². The molecule has 0 spiro atoms. The first-order valence-corrected chi connectivity index (χ1v) is 5.90. The Balaban J connectivity index is 1.81. The lowest BCUT2D eigenvalue weighted by molar-refractivity contribution is 0.182. The van der Waals surface area contributed by atoms with Crippen LogP contribution in [0.25, 0.3) is 0 Å². The number of hydrogen-bond acceptors (Lipinski definition) is 3. The van der Waals surface area contributed by atoms with Crippen molar-refractivity contribution in [1.29, 1.82) is 0 Å². The highest BCUT2D eigenvalue weighted by Gasteiger charge is 2.37. The Hall–Kier alpha value is -1.55. The van der Waals surface area contributed by atoms with Gasteiger partial charge in [0.2, 0.25) is 0 Å². The highest BCUT2D eigenvalue weighted by atomic mass is 16.4. The molecular formula is C13H16N2O2. The monoisotopic (exact) mass is 232 g/mol. The van der Waals surface area contributed by atoms with Crippen LogP contribution in [0.3, 0.4) is 0 Å². The van der Waals surface area contributed by atoms with Gasteiger partial charge in [-0.3, -0.25) is 0 Å². The van der Waals surface area contributed by atoms with Crippen molar-refractivity contribution >= 4 is 0 Å². The summed E-state index contributed by atoms with van der Waals surface area (Å²) in [5, 5.41) is 10.1. The minimum Gasteiger partial charge on any atom is -0.463 e. The fourth-order valence-electron chi connectivity index (χ4n) is 2.15. The maximum atomic E-state index is 10.1. The predicted molar refractivity (Wildman–Crippen MR) is 62.5 cm³/mol. The molecule has 1 fully saturated rings. The molecule has 2 aromatic heterocycles. The van der Waals surface area contributed by atoms with Crippen molar-refractivity contribution < 1.29 is 9.52 Å². The van der Waals surface area contributed by atoms with E-state index >= 15 is 0 Å². The maximum Gasteiger partial charge on any atom is 0.155 e. The maximum absolute atomic E-state index is 10.1. The minimum absolute atomic E-state index is 0.541. The number of furan rings is 1. The fourth-order valence-corrected chi connectivity index (χ4v) is 2.15. The van der Waals surface area contributed by atoms with Crippen molar-refractivity contribution in [2.24, 2.45) is 13.0 Å². The average molecular weight is 232 g/mol. The van der Waals surface area contributed by atoms with Crippen LogP contribution in [0.1, 0.15) is 42.6 Å². The molecule has 0 bridgehead atoms. The Kier molecular flexibility index (Phi) is 2.33. The third kappa shape index (κ3) is 1.89. The number of aliphatic hydroxyl groups excluding tert-OH is 1. The van der Waals surface area contributed by atoms with Gasteiger partial charge in [-0.1, -0.05) is 6.92 Å². The number of hydrogen-bond donors (Lipinski definition) is 1. The van der Waals surface area contributed by atoms with E-state index in [0.29, 0.717) is 23.3 Å². The molecule has 0 amide bonds. The summed E-state index contributed by atoms with van der Waals surface area (Å²) < 4.78 is 7.52. The van der Waals surface area contributed by atoms with Crippen molar-refractivity contribution in [3.05, 3.63) is 41.9 Å². The Morgan fingerprint density at radius 2 is 2.29 bits per heavy atom. The van der Waals surface area contributed by atoms with E-state index in [4.69, 9.17) is 4.42 Å². The number of imidazole rings is 1. The third-order valence-electron chi connectivity index (χ3n) is 3.40. The van der Waals surface area contributed by atoms with Crippen LogP contribution in [0.2, 0.25) is 0 Å². The van der Waals surface area contributed by atoms with Crippen LogP contribution in [-0.4, -0.2) is 14.7 Å². The molecule has 4 heteroatoms. The molecule has 1 N–H and O–H groups in total. The molecule has 0 aromatic carbocycles. The van der Waals surface area contributed by atoms with Gasteiger partial charge in [-0.25, -0.2) is 4.98 Å². The van der Waals surface area contributed by atoms with Crippen molar-refractivity contribution in [3.63, 3.8) is 0 Å². The SMILES string of the molecule is CC1CC1c1ccc(C(O)c2cn(C)cn2)o1. The molecular weight excluding hydrogens is 216 g/mol.